The lowest BCUT2D eigenvalue weighted by atomic mass is 10.2. The Morgan fingerprint density at radius 1 is 1.14 bits per heavy atom. The van der Waals surface area contributed by atoms with Gasteiger partial charge in [0.1, 0.15) is 6.61 Å². The van der Waals surface area contributed by atoms with Gasteiger partial charge in [0.25, 0.3) is 0 Å². The summed E-state index contributed by atoms with van der Waals surface area (Å²) in [5.74, 6) is 0. The van der Waals surface area contributed by atoms with Gasteiger partial charge in [-0.25, -0.2) is 14.6 Å². The fourth-order valence-electron chi connectivity index (χ4n) is 1.56. The van der Waals surface area contributed by atoms with Crippen LogP contribution < -0.4 is 5.32 Å². The van der Waals surface area contributed by atoms with Crippen LogP contribution in [0.4, 0.5) is 11.4 Å². The average Bonchev–Trinajstić information content (AvgIpc) is 2.52. The van der Waals surface area contributed by atoms with Crippen molar-refractivity contribution in [3.05, 3.63) is 23.8 Å². The molecule has 0 saturated heterocycles. The fraction of sp³-hybridized carbons (Fsp3) is 0.533. The Morgan fingerprint density at radius 2 is 1.91 bits per heavy atom. The molecule has 0 bridgehead atoms. The summed E-state index contributed by atoms with van der Waals surface area (Å²) in [6.45, 7) is 6.56. The fourth-order valence-corrected chi connectivity index (χ4v) is 1.56. The van der Waals surface area contributed by atoms with Crippen molar-refractivity contribution >= 4 is 17.5 Å². The highest BCUT2D eigenvalue weighted by Crippen LogP contribution is 2.22. The van der Waals surface area contributed by atoms with Crippen molar-refractivity contribution in [3.63, 3.8) is 0 Å². The van der Waals surface area contributed by atoms with E-state index in [0.717, 1.165) is 11.3 Å². The third kappa shape index (κ3) is 7.87. The van der Waals surface area contributed by atoms with Gasteiger partial charge in [0.05, 0.1) is 25.5 Å². The first-order valence-corrected chi connectivity index (χ1v) is 7.10. The van der Waals surface area contributed by atoms with E-state index >= 15 is 0 Å². The molecule has 0 heterocycles. The lowest BCUT2D eigenvalue weighted by Crippen LogP contribution is -2.12. The molecule has 0 unspecified atom stereocenters. The van der Waals surface area contributed by atoms with Gasteiger partial charge in [-0.3, -0.25) is 0 Å². The Labute approximate surface area is 130 Å². The second-order valence-corrected chi connectivity index (χ2v) is 4.27. The van der Waals surface area contributed by atoms with Crippen LogP contribution in [0.15, 0.2) is 23.2 Å². The molecule has 0 amide bonds. The third-order valence-corrected chi connectivity index (χ3v) is 2.68. The van der Waals surface area contributed by atoms with Gasteiger partial charge < -0.3 is 14.8 Å². The van der Waals surface area contributed by atoms with Crippen LogP contribution in [-0.2, 0) is 24.0 Å². The van der Waals surface area contributed by atoms with Gasteiger partial charge >= 0.3 is 0 Å². The summed E-state index contributed by atoms with van der Waals surface area (Å²) in [6.07, 6.45) is 1.53. The minimum absolute atomic E-state index is 0.173. The van der Waals surface area contributed by atoms with Crippen LogP contribution in [0.5, 0.6) is 0 Å². The van der Waals surface area contributed by atoms with E-state index in [4.69, 9.17) is 19.2 Å². The predicted molar refractivity (Wildman–Crippen MR) is 81.8 cm³/mol. The molecule has 7 heteroatoms. The number of aliphatic imine (C=N–C) groups is 1. The van der Waals surface area contributed by atoms with Crippen molar-refractivity contribution in [2.24, 2.45) is 4.99 Å². The molecule has 0 radical (unpaired) electrons. The minimum atomic E-state index is 0.173. The van der Waals surface area contributed by atoms with Crippen LogP contribution in [0.25, 0.3) is 0 Å². The maximum atomic E-state index is 10.3. The summed E-state index contributed by atoms with van der Waals surface area (Å²) < 4.78 is 10.4. The Kier molecular flexibility index (Phi) is 9.85. The molecule has 0 aliphatic rings. The molecule has 1 aromatic rings. The molecule has 0 aromatic heterocycles. The van der Waals surface area contributed by atoms with E-state index in [1.54, 1.807) is 6.07 Å². The molecular weight excluding hydrogens is 288 g/mol. The van der Waals surface area contributed by atoms with Crippen LogP contribution in [-0.4, -0.2) is 45.8 Å². The maximum Gasteiger partial charge on any atom is 0.240 e. The Balaban J connectivity index is 2.10. The van der Waals surface area contributed by atoms with Gasteiger partial charge in [0.2, 0.25) is 6.08 Å². The molecular formula is C15H22N2O5. The van der Waals surface area contributed by atoms with E-state index in [9.17, 15) is 4.79 Å². The highest BCUT2D eigenvalue weighted by atomic mass is 17.2. The maximum absolute atomic E-state index is 10.3. The van der Waals surface area contributed by atoms with Gasteiger partial charge in [-0.15, -0.1) is 0 Å². The van der Waals surface area contributed by atoms with Crippen molar-refractivity contribution in [3.8, 4) is 0 Å². The van der Waals surface area contributed by atoms with Gasteiger partial charge in [-0.05, 0) is 31.5 Å². The molecule has 0 fully saturated rings. The summed E-state index contributed by atoms with van der Waals surface area (Å²) in [4.78, 5) is 23.8. The lowest BCUT2D eigenvalue weighted by Gasteiger charge is -2.09. The number of nitrogens with one attached hydrogen (secondary N) is 1. The number of hydrogen-bond donors (Lipinski definition) is 1. The van der Waals surface area contributed by atoms with Crippen molar-refractivity contribution in [1.29, 1.82) is 0 Å². The van der Waals surface area contributed by atoms with Crippen molar-refractivity contribution in [2.75, 3.05) is 45.1 Å². The van der Waals surface area contributed by atoms with Crippen molar-refractivity contribution in [2.45, 2.75) is 13.8 Å². The SMILES string of the molecule is CCOCCOCCOOCNc1ccc(C)c(N=C=O)c1. The van der Waals surface area contributed by atoms with Gasteiger partial charge in [-0.1, -0.05) is 6.07 Å². The number of isocyanates is 1. The largest absolute Gasteiger partial charge is 0.379 e. The highest BCUT2D eigenvalue weighted by molar-refractivity contribution is 5.61. The molecule has 1 rings (SSSR count). The number of hydrogen-bond acceptors (Lipinski definition) is 7. The molecule has 0 aliphatic carbocycles. The summed E-state index contributed by atoms with van der Waals surface area (Å²) in [6, 6.07) is 5.45. The van der Waals surface area contributed by atoms with E-state index < -0.39 is 0 Å². The number of anilines is 1. The van der Waals surface area contributed by atoms with Gasteiger partial charge in [0, 0.05) is 12.3 Å². The number of carbonyl (C=O) groups excluding carboxylic acids is 1. The molecule has 0 saturated carbocycles. The number of rotatable bonds is 12. The normalized spacial score (nSPS) is 10.3. The molecule has 1 N–H and O–H groups in total. The average molecular weight is 310 g/mol. The molecule has 22 heavy (non-hydrogen) atoms. The van der Waals surface area contributed by atoms with Crippen molar-refractivity contribution in [1.82, 2.24) is 0 Å². The second-order valence-electron chi connectivity index (χ2n) is 4.27. The molecule has 122 valence electrons. The van der Waals surface area contributed by atoms with E-state index in [2.05, 4.69) is 10.3 Å². The van der Waals surface area contributed by atoms with Crippen molar-refractivity contribution < 1.29 is 24.0 Å². The molecule has 7 nitrogen and oxygen atoms in total. The van der Waals surface area contributed by atoms with E-state index in [0.29, 0.717) is 38.7 Å². The molecule has 1 aromatic carbocycles. The van der Waals surface area contributed by atoms with Crippen LogP contribution in [0.3, 0.4) is 0 Å². The Bertz CT molecular complexity index is 475. The topological polar surface area (TPSA) is 78.4 Å². The Hall–Kier alpha value is -1.76. The molecule has 0 aliphatic heterocycles. The number of ether oxygens (including phenoxy) is 2. The second kappa shape index (κ2) is 11.9. The first-order valence-electron chi connectivity index (χ1n) is 7.10. The highest BCUT2D eigenvalue weighted by Gasteiger charge is 1.99. The zero-order valence-corrected chi connectivity index (χ0v) is 13.0. The molecule has 0 spiro atoms. The van der Waals surface area contributed by atoms with Crippen LogP contribution >= 0.6 is 0 Å². The van der Waals surface area contributed by atoms with E-state index in [-0.39, 0.29) is 6.73 Å². The van der Waals surface area contributed by atoms with Gasteiger partial charge in [0.15, 0.2) is 6.73 Å². The quantitative estimate of drug-likeness (QED) is 0.159. The Morgan fingerprint density at radius 3 is 2.68 bits per heavy atom. The molecule has 0 atom stereocenters. The third-order valence-electron chi connectivity index (χ3n) is 2.68. The number of aryl methyl sites for hydroxylation is 1. The summed E-state index contributed by atoms with van der Waals surface area (Å²) in [5, 5.41) is 2.99. The van der Waals surface area contributed by atoms with E-state index in [1.165, 1.54) is 6.08 Å². The van der Waals surface area contributed by atoms with Crippen LogP contribution in [0.2, 0.25) is 0 Å². The lowest BCUT2D eigenvalue weighted by molar-refractivity contribution is -0.294. The summed E-state index contributed by atoms with van der Waals surface area (Å²) >= 11 is 0. The van der Waals surface area contributed by atoms with Crippen LogP contribution in [0, 0.1) is 6.92 Å². The number of benzene rings is 1. The predicted octanol–water partition coefficient (Wildman–Crippen LogP) is 2.33. The summed E-state index contributed by atoms with van der Waals surface area (Å²) in [5.41, 5.74) is 2.25. The summed E-state index contributed by atoms with van der Waals surface area (Å²) in [7, 11) is 0. The zero-order chi connectivity index (χ0) is 16.0. The minimum Gasteiger partial charge on any atom is -0.379 e. The zero-order valence-electron chi connectivity index (χ0n) is 13.0. The standard InChI is InChI=1S/C15H22N2O5/c1-3-19-6-7-20-8-9-21-22-12-17-14-5-4-13(2)15(10-14)16-11-18/h4-5,10,17H,3,6-9,12H2,1-2H3. The van der Waals surface area contributed by atoms with Gasteiger partial charge in [-0.2, -0.15) is 4.99 Å². The van der Waals surface area contributed by atoms with E-state index in [1.807, 2.05) is 26.0 Å². The van der Waals surface area contributed by atoms with Crippen LogP contribution in [0.1, 0.15) is 12.5 Å². The number of nitrogens with zero attached hydrogens (tertiary/aromatic N) is 1. The smallest absolute Gasteiger partial charge is 0.240 e. The first-order chi connectivity index (χ1) is 10.8. The first kappa shape index (κ1) is 18.3. The monoisotopic (exact) mass is 310 g/mol.